The van der Waals surface area contributed by atoms with Crippen LogP contribution in [0.25, 0.3) is 0 Å². The summed E-state index contributed by atoms with van der Waals surface area (Å²) in [7, 11) is -7.50. The second-order valence-corrected chi connectivity index (χ2v) is 11.5. The van der Waals surface area contributed by atoms with Gasteiger partial charge in [0.15, 0.2) is 0 Å². The largest absolute Gasteiger partial charge is 0.379 e. The first-order valence-corrected chi connectivity index (χ1v) is 13.3. The van der Waals surface area contributed by atoms with E-state index >= 15 is 0 Å². The van der Waals surface area contributed by atoms with Crippen LogP contribution in [-0.4, -0.2) is 66.2 Å². The van der Waals surface area contributed by atoms with Crippen molar-refractivity contribution in [1.82, 2.24) is 4.31 Å². The fourth-order valence-corrected chi connectivity index (χ4v) is 5.76. The Bertz CT molecular complexity index is 1170. The molecule has 9 nitrogen and oxygen atoms in total. The third-order valence-corrected chi connectivity index (χ3v) is 7.98. The zero-order chi connectivity index (χ0) is 23.5. The van der Waals surface area contributed by atoms with Crippen LogP contribution in [0, 0.1) is 13.8 Å². The number of aryl methyl sites for hydroxylation is 2. The van der Waals surface area contributed by atoms with Gasteiger partial charge in [0.05, 0.1) is 30.1 Å². The molecule has 2 aromatic rings. The number of anilines is 2. The molecule has 0 bridgehead atoms. The topological polar surface area (TPSA) is 113 Å². The van der Waals surface area contributed by atoms with Gasteiger partial charge in [-0.05, 0) is 61.4 Å². The quantitative estimate of drug-likeness (QED) is 0.644. The minimum Gasteiger partial charge on any atom is -0.379 e. The standard InChI is InChI=1S/C21H27N3O6S2/c1-16-12-17(2)14-18(13-16)22-21(25)15-24(31(3,26)27)19-4-6-20(7-5-19)32(28,29)23-8-10-30-11-9-23/h4-7,12-14H,8-11,15H2,1-3H3,(H,22,25). The number of hydrogen-bond donors (Lipinski definition) is 1. The summed E-state index contributed by atoms with van der Waals surface area (Å²) in [5.41, 5.74) is 2.71. The number of morpholine rings is 1. The van der Waals surface area contributed by atoms with E-state index in [9.17, 15) is 21.6 Å². The Hall–Kier alpha value is -2.47. The Morgan fingerprint density at radius 1 is 1.00 bits per heavy atom. The molecule has 32 heavy (non-hydrogen) atoms. The molecule has 0 aliphatic carbocycles. The minimum absolute atomic E-state index is 0.0521. The number of sulfonamides is 2. The highest BCUT2D eigenvalue weighted by Gasteiger charge is 2.27. The Morgan fingerprint density at radius 2 is 1.56 bits per heavy atom. The van der Waals surface area contributed by atoms with Crippen molar-refractivity contribution in [1.29, 1.82) is 0 Å². The number of benzene rings is 2. The van der Waals surface area contributed by atoms with Gasteiger partial charge in [0, 0.05) is 18.8 Å². The van der Waals surface area contributed by atoms with Gasteiger partial charge in [0.2, 0.25) is 26.0 Å². The molecule has 1 fully saturated rings. The molecule has 0 unspecified atom stereocenters. The number of rotatable bonds is 7. The molecule has 1 N–H and O–H groups in total. The lowest BCUT2D eigenvalue weighted by Gasteiger charge is -2.26. The fraction of sp³-hybridized carbons (Fsp3) is 0.381. The highest BCUT2D eigenvalue weighted by Crippen LogP contribution is 2.23. The summed E-state index contributed by atoms with van der Waals surface area (Å²) < 4.78 is 57.7. The van der Waals surface area contributed by atoms with Crippen LogP contribution in [-0.2, 0) is 29.6 Å². The van der Waals surface area contributed by atoms with Crippen molar-refractivity contribution in [3.05, 3.63) is 53.6 Å². The molecule has 0 spiro atoms. The molecule has 2 aromatic carbocycles. The molecule has 0 atom stereocenters. The third-order valence-electron chi connectivity index (χ3n) is 4.93. The minimum atomic E-state index is -3.79. The van der Waals surface area contributed by atoms with Crippen LogP contribution in [0.4, 0.5) is 11.4 Å². The van der Waals surface area contributed by atoms with E-state index in [1.54, 1.807) is 12.1 Å². The van der Waals surface area contributed by atoms with Gasteiger partial charge in [-0.15, -0.1) is 0 Å². The Morgan fingerprint density at radius 3 is 2.09 bits per heavy atom. The lowest BCUT2D eigenvalue weighted by Crippen LogP contribution is -2.40. The maximum Gasteiger partial charge on any atom is 0.245 e. The Labute approximate surface area is 189 Å². The zero-order valence-corrected chi connectivity index (χ0v) is 19.9. The molecular formula is C21H27N3O6S2. The molecule has 0 saturated carbocycles. The van der Waals surface area contributed by atoms with Crippen LogP contribution in [0.3, 0.4) is 0 Å². The number of nitrogens with one attached hydrogen (secondary N) is 1. The second kappa shape index (κ2) is 9.57. The number of ether oxygens (including phenoxy) is 1. The summed E-state index contributed by atoms with van der Waals surface area (Å²) in [5, 5.41) is 2.72. The van der Waals surface area contributed by atoms with E-state index in [4.69, 9.17) is 4.74 Å². The van der Waals surface area contributed by atoms with Crippen LogP contribution in [0.2, 0.25) is 0 Å². The van der Waals surface area contributed by atoms with Crippen LogP contribution in [0.5, 0.6) is 0 Å². The van der Waals surface area contributed by atoms with Crippen molar-refractivity contribution in [2.24, 2.45) is 0 Å². The van der Waals surface area contributed by atoms with Crippen LogP contribution < -0.4 is 9.62 Å². The van der Waals surface area contributed by atoms with Gasteiger partial charge in [0.25, 0.3) is 0 Å². The first kappa shape index (κ1) is 24.2. The molecule has 1 amide bonds. The molecule has 1 saturated heterocycles. The molecule has 174 valence electrons. The van der Waals surface area contributed by atoms with Gasteiger partial charge in [-0.2, -0.15) is 4.31 Å². The summed E-state index contributed by atoms with van der Waals surface area (Å²) >= 11 is 0. The number of carbonyl (C=O) groups excluding carboxylic acids is 1. The van der Waals surface area contributed by atoms with Crippen LogP contribution in [0.1, 0.15) is 11.1 Å². The normalized spacial score (nSPS) is 15.3. The lowest BCUT2D eigenvalue weighted by molar-refractivity contribution is -0.114. The summed E-state index contributed by atoms with van der Waals surface area (Å²) in [6, 6.07) is 11.0. The van der Waals surface area contributed by atoms with E-state index in [1.807, 2.05) is 19.9 Å². The molecule has 3 rings (SSSR count). The van der Waals surface area contributed by atoms with Crippen LogP contribution >= 0.6 is 0 Å². The van der Waals surface area contributed by atoms with Gasteiger partial charge in [-0.25, -0.2) is 16.8 Å². The monoisotopic (exact) mass is 481 g/mol. The van der Waals surface area contributed by atoms with Gasteiger partial charge >= 0.3 is 0 Å². The highest BCUT2D eigenvalue weighted by molar-refractivity contribution is 7.92. The summed E-state index contributed by atoms with van der Waals surface area (Å²) in [4.78, 5) is 12.6. The number of nitrogens with zero attached hydrogens (tertiary/aromatic N) is 2. The molecule has 1 aliphatic heterocycles. The summed E-state index contributed by atoms with van der Waals surface area (Å²) in [5.74, 6) is -0.509. The highest BCUT2D eigenvalue weighted by atomic mass is 32.2. The number of carbonyl (C=O) groups is 1. The molecule has 11 heteroatoms. The van der Waals surface area contributed by atoms with Gasteiger partial charge in [-0.1, -0.05) is 6.07 Å². The number of hydrogen-bond acceptors (Lipinski definition) is 6. The SMILES string of the molecule is Cc1cc(C)cc(NC(=O)CN(c2ccc(S(=O)(=O)N3CCOCC3)cc2)S(C)(=O)=O)c1. The lowest BCUT2D eigenvalue weighted by atomic mass is 10.1. The van der Waals surface area contributed by atoms with E-state index < -0.39 is 32.5 Å². The van der Waals surface area contributed by atoms with E-state index in [0.29, 0.717) is 18.9 Å². The van der Waals surface area contributed by atoms with Crippen molar-refractivity contribution >= 4 is 37.3 Å². The van der Waals surface area contributed by atoms with Crippen molar-refractivity contribution in [3.63, 3.8) is 0 Å². The van der Waals surface area contributed by atoms with E-state index in [0.717, 1.165) is 21.7 Å². The van der Waals surface area contributed by atoms with E-state index in [2.05, 4.69) is 5.32 Å². The summed E-state index contributed by atoms with van der Waals surface area (Å²) in [6.07, 6.45) is 0.996. The van der Waals surface area contributed by atoms with Gasteiger partial charge in [-0.3, -0.25) is 9.10 Å². The maximum atomic E-state index is 12.8. The average Bonchev–Trinajstić information content (AvgIpc) is 2.71. The molecule has 0 aromatic heterocycles. The zero-order valence-electron chi connectivity index (χ0n) is 18.2. The molecule has 1 aliphatic rings. The van der Waals surface area contributed by atoms with Crippen molar-refractivity contribution < 1.29 is 26.4 Å². The fourth-order valence-electron chi connectivity index (χ4n) is 3.50. The van der Waals surface area contributed by atoms with Gasteiger partial charge in [0.1, 0.15) is 6.54 Å². The Balaban J connectivity index is 1.79. The molecule has 1 heterocycles. The maximum absolute atomic E-state index is 12.8. The first-order valence-electron chi connectivity index (χ1n) is 10.0. The molecule has 0 radical (unpaired) electrons. The smallest absolute Gasteiger partial charge is 0.245 e. The van der Waals surface area contributed by atoms with E-state index in [1.165, 1.54) is 28.6 Å². The Kier molecular flexibility index (Phi) is 7.23. The van der Waals surface area contributed by atoms with Crippen molar-refractivity contribution in [3.8, 4) is 0 Å². The number of amides is 1. The second-order valence-electron chi connectivity index (χ2n) is 7.70. The van der Waals surface area contributed by atoms with Crippen molar-refractivity contribution in [2.45, 2.75) is 18.7 Å². The van der Waals surface area contributed by atoms with E-state index in [-0.39, 0.29) is 23.7 Å². The predicted octanol–water partition coefficient (Wildman–Crippen LogP) is 1.73. The van der Waals surface area contributed by atoms with Gasteiger partial charge < -0.3 is 10.1 Å². The third kappa shape index (κ3) is 5.85. The van der Waals surface area contributed by atoms with Crippen LogP contribution in [0.15, 0.2) is 47.4 Å². The van der Waals surface area contributed by atoms with Crippen molar-refractivity contribution in [2.75, 3.05) is 48.7 Å². The average molecular weight is 482 g/mol. The predicted molar refractivity (Wildman–Crippen MR) is 123 cm³/mol. The molecular weight excluding hydrogens is 454 g/mol. The first-order chi connectivity index (χ1) is 15.0. The summed E-state index contributed by atoms with van der Waals surface area (Å²) in [6.45, 7) is 4.54.